The summed E-state index contributed by atoms with van der Waals surface area (Å²) in [6.07, 6.45) is 1.13. The van der Waals surface area contributed by atoms with Gasteiger partial charge < -0.3 is 19.7 Å². The molecule has 0 saturated heterocycles. The van der Waals surface area contributed by atoms with Gasteiger partial charge in [-0.25, -0.2) is 0 Å². The van der Waals surface area contributed by atoms with Crippen LogP contribution in [0.3, 0.4) is 0 Å². The van der Waals surface area contributed by atoms with Crippen molar-refractivity contribution in [3.8, 4) is 11.5 Å². The number of nitrogens with one attached hydrogen (secondary N) is 1. The number of benzene rings is 2. The second kappa shape index (κ2) is 9.06. The van der Waals surface area contributed by atoms with Crippen LogP contribution in [-0.2, 0) is 6.61 Å². The van der Waals surface area contributed by atoms with Gasteiger partial charge >= 0.3 is 0 Å². The van der Waals surface area contributed by atoms with Crippen LogP contribution in [0.2, 0.25) is 0 Å². The molecular formula is C22H30N2O2. The lowest BCUT2D eigenvalue weighted by Crippen LogP contribution is -2.29. The molecule has 0 spiro atoms. The summed E-state index contributed by atoms with van der Waals surface area (Å²) in [6, 6.07) is 14.7. The first-order chi connectivity index (χ1) is 12.8. The fourth-order valence-corrected chi connectivity index (χ4v) is 3.59. The molecule has 0 radical (unpaired) electrons. The van der Waals surface area contributed by atoms with E-state index in [4.69, 9.17) is 9.47 Å². The standard InChI is InChI=1S/C22H30N2O2/c1-4-24(5-2)14-8-13-23-22-19-10-7-6-9-17(19)16-26-21-12-11-18(25-3)15-20(21)22/h6-7,9-12,15,22-23H,4-5,8,13-14,16H2,1-3H3. The molecule has 1 heterocycles. The van der Waals surface area contributed by atoms with Crippen LogP contribution in [0.15, 0.2) is 42.5 Å². The van der Waals surface area contributed by atoms with Gasteiger partial charge in [-0.05, 0) is 61.9 Å². The highest BCUT2D eigenvalue weighted by molar-refractivity contribution is 5.49. The molecule has 1 aliphatic rings. The lowest BCUT2D eigenvalue weighted by molar-refractivity contribution is 0.296. The van der Waals surface area contributed by atoms with E-state index in [1.165, 1.54) is 11.1 Å². The molecule has 3 rings (SSSR count). The molecule has 0 amide bonds. The van der Waals surface area contributed by atoms with Gasteiger partial charge in [-0.1, -0.05) is 38.1 Å². The molecule has 1 atom stereocenters. The zero-order chi connectivity index (χ0) is 18.4. The molecule has 2 aromatic rings. The zero-order valence-electron chi connectivity index (χ0n) is 16.1. The van der Waals surface area contributed by atoms with Gasteiger partial charge in [0, 0.05) is 5.56 Å². The van der Waals surface area contributed by atoms with E-state index in [2.05, 4.69) is 54.4 Å². The first-order valence-corrected chi connectivity index (χ1v) is 9.61. The SMILES string of the molecule is CCN(CC)CCCNC1c2ccccc2COc2ccc(OC)cc21. The number of methoxy groups -OCH3 is 1. The van der Waals surface area contributed by atoms with Gasteiger partial charge in [0.1, 0.15) is 18.1 Å². The van der Waals surface area contributed by atoms with E-state index >= 15 is 0 Å². The Bertz CT molecular complexity index is 713. The smallest absolute Gasteiger partial charge is 0.125 e. The lowest BCUT2D eigenvalue weighted by atomic mass is 9.94. The van der Waals surface area contributed by atoms with E-state index in [1.54, 1.807) is 7.11 Å². The summed E-state index contributed by atoms with van der Waals surface area (Å²) in [7, 11) is 1.71. The van der Waals surface area contributed by atoms with Crippen LogP contribution in [-0.4, -0.2) is 38.2 Å². The van der Waals surface area contributed by atoms with E-state index < -0.39 is 0 Å². The van der Waals surface area contributed by atoms with Crippen LogP contribution in [0.4, 0.5) is 0 Å². The van der Waals surface area contributed by atoms with Gasteiger partial charge in [-0.3, -0.25) is 0 Å². The van der Waals surface area contributed by atoms with E-state index in [0.29, 0.717) is 6.61 Å². The second-order valence-corrected chi connectivity index (χ2v) is 6.66. The predicted molar refractivity (Wildman–Crippen MR) is 106 cm³/mol. The van der Waals surface area contributed by atoms with Crippen molar-refractivity contribution in [1.82, 2.24) is 10.2 Å². The third kappa shape index (κ3) is 4.19. The summed E-state index contributed by atoms with van der Waals surface area (Å²) in [5.74, 6) is 1.80. The Hall–Kier alpha value is -2.04. The van der Waals surface area contributed by atoms with Crippen LogP contribution in [0.1, 0.15) is 43.0 Å². The number of ether oxygens (including phenoxy) is 2. The minimum atomic E-state index is 0.121. The van der Waals surface area contributed by atoms with Crippen LogP contribution in [0.5, 0.6) is 11.5 Å². The molecule has 140 valence electrons. The Morgan fingerprint density at radius 1 is 1.12 bits per heavy atom. The normalized spacial score (nSPS) is 15.8. The molecular weight excluding hydrogens is 324 g/mol. The molecule has 0 fully saturated rings. The second-order valence-electron chi connectivity index (χ2n) is 6.66. The molecule has 26 heavy (non-hydrogen) atoms. The molecule has 1 aliphatic heterocycles. The highest BCUT2D eigenvalue weighted by Gasteiger charge is 2.24. The van der Waals surface area contributed by atoms with Crippen LogP contribution in [0.25, 0.3) is 0 Å². The Kier molecular flexibility index (Phi) is 6.53. The maximum atomic E-state index is 6.08. The van der Waals surface area contributed by atoms with Crippen molar-refractivity contribution in [2.24, 2.45) is 0 Å². The third-order valence-electron chi connectivity index (χ3n) is 5.17. The highest BCUT2D eigenvalue weighted by atomic mass is 16.5. The summed E-state index contributed by atoms with van der Waals surface area (Å²) in [4.78, 5) is 2.46. The maximum absolute atomic E-state index is 6.08. The topological polar surface area (TPSA) is 33.7 Å². The molecule has 4 nitrogen and oxygen atoms in total. The lowest BCUT2D eigenvalue weighted by Gasteiger charge is -2.23. The molecule has 0 bridgehead atoms. The van der Waals surface area contributed by atoms with Gasteiger partial charge in [0.15, 0.2) is 0 Å². The minimum Gasteiger partial charge on any atom is -0.497 e. The number of hydrogen-bond acceptors (Lipinski definition) is 4. The third-order valence-corrected chi connectivity index (χ3v) is 5.17. The predicted octanol–water partition coefficient (Wildman–Crippen LogP) is 4.00. The van der Waals surface area contributed by atoms with Gasteiger partial charge in [0.2, 0.25) is 0 Å². The summed E-state index contributed by atoms with van der Waals surface area (Å²) < 4.78 is 11.5. The Morgan fingerprint density at radius 3 is 2.69 bits per heavy atom. The van der Waals surface area contributed by atoms with Crippen molar-refractivity contribution < 1.29 is 9.47 Å². The van der Waals surface area contributed by atoms with Crippen molar-refractivity contribution in [1.29, 1.82) is 0 Å². The summed E-state index contributed by atoms with van der Waals surface area (Å²) in [5.41, 5.74) is 3.68. The van der Waals surface area contributed by atoms with Crippen molar-refractivity contribution in [3.05, 3.63) is 59.2 Å². The zero-order valence-corrected chi connectivity index (χ0v) is 16.1. The molecule has 0 saturated carbocycles. The monoisotopic (exact) mass is 354 g/mol. The Balaban J connectivity index is 1.82. The molecule has 1 unspecified atom stereocenters. The van der Waals surface area contributed by atoms with Crippen LogP contribution in [0, 0.1) is 0 Å². The summed E-state index contributed by atoms with van der Waals surface area (Å²) in [6.45, 7) is 9.35. The summed E-state index contributed by atoms with van der Waals surface area (Å²) >= 11 is 0. The number of hydrogen-bond donors (Lipinski definition) is 1. The fraction of sp³-hybridized carbons (Fsp3) is 0.455. The van der Waals surface area contributed by atoms with Crippen molar-refractivity contribution in [2.75, 3.05) is 33.3 Å². The fourth-order valence-electron chi connectivity index (χ4n) is 3.59. The van der Waals surface area contributed by atoms with Gasteiger partial charge in [-0.2, -0.15) is 0 Å². The molecule has 0 aliphatic carbocycles. The Labute approximate surface area is 157 Å². The number of rotatable bonds is 8. The summed E-state index contributed by atoms with van der Waals surface area (Å²) in [5, 5.41) is 3.77. The molecule has 2 aromatic carbocycles. The van der Waals surface area contributed by atoms with Crippen molar-refractivity contribution in [3.63, 3.8) is 0 Å². The largest absolute Gasteiger partial charge is 0.497 e. The number of fused-ring (bicyclic) bond motifs is 2. The van der Waals surface area contributed by atoms with Gasteiger partial charge in [0.25, 0.3) is 0 Å². The van der Waals surface area contributed by atoms with Crippen LogP contribution >= 0.6 is 0 Å². The first-order valence-electron chi connectivity index (χ1n) is 9.61. The molecule has 1 N–H and O–H groups in total. The average Bonchev–Trinajstić information content (AvgIpc) is 2.84. The van der Waals surface area contributed by atoms with Crippen molar-refractivity contribution >= 4 is 0 Å². The molecule has 4 heteroatoms. The maximum Gasteiger partial charge on any atom is 0.125 e. The average molecular weight is 354 g/mol. The molecule has 0 aromatic heterocycles. The van der Waals surface area contributed by atoms with Gasteiger partial charge in [0.05, 0.1) is 13.2 Å². The van der Waals surface area contributed by atoms with Gasteiger partial charge in [-0.15, -0.1) is 0 Å². The minimum absolute atomic E-state index is 0.121. The van der Waals surface area contributed by atoms with E-state index in [-0.39, 0.29) is 6.04 Å². The van der Waals surface area contributed by atoms with E-state index in [9.17, 15) is 0 Å². The van der Waals surface area contributed by atoms with E-state index in [0.717, 1.165) is 49.7 Å². The first kappa shape index (κ1) is 18.7. The van der Waals surface area contributed by atoms with Crippen molar-refractivity contribution in [2.45, 2.75) is 32.9 Å². The highest BCUT2D eigenvalue weighted by Crippen LogP contribution is 2.37. The van der Waals surface area contributed by atoms with E-state index in [1.807, 2.05) is 12.1 Å². The Morgan fingerprint density at radius 2 is 1.92 bits per heavy atom. The quantitative estimate of drug-likeness (QED) is 0.727. The number of nitrogens with zero attached hydrogens (tertiary/aromatic N) is 1. The van der Waals surface area contributed by atoms with Crippen LogP contribution < -0.4 is 14.8 Å².